The zero-order valence-corrected chi connectivity index (χ0v) is 16.3. The predicted octanol–water partition coefficient (Wildman–Crippen LogP) is 2.09. The Morgan fingerprint density at radius 1 is 0.929 bits per heavy atom. The van der Waals surface area contributed by atoms with Crippen molar-refractivity contribution in [3.8, 4) is 0 Å². The molecule has 0 unspecified atom stereocenters. The zero-order chi connectivity index (χ0) is 20.0. The van der Waals surface area contributed by atoms with Gasteiger partial charge in [-0.3, -0.25) is 4.98 Å². The highest BCUT2D eigenvalue weighted by Gasteiger charge is 2.07. The van der Waals surface area contributed by atoms with E-state index in [1.807, 2.05) is 25.1 Å². The van der Waals surface area contributed by atoms with Crippen LogP contribution in [0.3, 0.4) is 0 Å². The van der Waals surface area contributed by atoms with Crippen LogP contribution in [0.5, 0.6) is 0 Å². The quantitative estimate of drug-likeness (QED) is 0.531. The Kier molecular flexibility index (Phi) is 6.17. The minimum atomic E-state index is -3.66. The molecule has 9 heteroatoms. The van der Waals surface area contributed by atoms with Gasteiger partial charge >= 0.3 is 0 Å². The number of nitrogens with one attached hydrogen (secondary N) is 2. The summed E-state index contributed by atoms with van der Waals surface area (Å²) in [6.45, 7) is 3.14. The molecule has 0 spiro atoms. The van der Waals surface area contributed by atoms with Crippen LogP contribution in [-0.4, -0.2) is 29.9 Å². The molecule has 0 aliphatic rings. The third-order valence-corrected chi connectivity index (χ3v) is 4.96. The van der Waals surface area contributed by atoms with Crippen LogP contribution in [0.1, 0.15) is 17.0 Å². The third-order valence-electron chi connectivity index (χ3n) is 4.03. The Morgan fingerprint density at radius 3 is 2.21 bits per heavy atom. The minimum absolute atomic E-state index is 0.112. The lowest BCUT2D eigenvalue weighted by Crippen LogP contribution is -2.12. The molecule has 0 atom stereocenters. The van der Waals surface area contributed by atoms with E-state index < -0.39 is 10.0 Å². The molecule has 4 N–H and O–H groups in total. The molecule has 0 aliphatic heterocycles. The van der Waals surface area contributed by atoms with Gasteiger partial charge in [0.15, 0.2) is 0 Å². The van der Waals surface area contributed by atoms with Crippen LogP contribution in [0, 0.1) is 6.92 Å². The normalized spacial score (nSPS) is 11.2. The van der Waals surface area contributed by atoms with E-state index in [1.54, 1.807) is 24.5 Å². The van der Waals surface area contributed by atoms with Crippen molar-refractivity contribution in [2.45, 2.75) is 24.8 Å². The van der Waals surface area contributed by atoms with Gasteiger partial charge < -0.3 is 10.6 Å². The maximum absolute atomic E-state index is 11.3. The van der Waals surface area contributed by atoms with E-state index in [0.717, 1.165) is 22.8 Å². The van der Waals surface area contributed by atoms with E-state index in [4.69, 9.17) is 5.14 Å². The highest BCUT2D eigenvalue weighted by molar-refractivity contribution is 7.89. The second kappa shape index (κ2) is 8.77. The second-order valence-electron chi connectivity index (χ2n) is 6.26. The average molecular weight is 398 g/mol. The van der Waals surface area contributed by atoms with Crippen LogP contribution in [0.25, 0.3) is 0 Å². The Balaban J connectivity index is 1.56. The smallest absolute Gasteiger partial charge is 0.238 e. The Morgan fingerprint density at radius 2 is 1.57 bits per heavy atom. The number of aromatic nitrogens is 3. The standard InChI is InChI=1S/C19H22N6O2S/c1-14-24-18(12-19(25-14)23-13-16-6-9-21-10-7-16)22-11-8-15-2-4-17(5-3-15)28(20,26)27/h2-7,9-10,12H,8,11,13H2,1H3,(H2,20,26,27)(H2,22,23,24,25). The number of hydrogen-bond acceptors (Lipinski definition) is 7. The molecule has 2 heterocycles. The van der Waals surface area contributed by atoms with E-state index in [1.165, 1.54) is 12.1 Å². The van der Waals surface area contributed by atoms with Gasteiger partial charge in [-0.25, -0.2) is 23.5 Å². The number of anilines is 2. The monoisotopic (exact) mass is 398 g/mol. The fraction of sp³-hybridized carbons (Fsp3) is 0.211. The molecule has 3 aromatic rings. The molecular weight excluding hydrogens is 376 g/mol. The van der Waals surface area contributed by atoms with E-state index in [2.05, 4.69) is 25.6 Å². The van der Waals surface area contributed by atoms with Gasteiger partial charge in [0.1, 0.15) is 17.5 Å². The van der Waals surface area contributed by atoms with Crippen molar-refractivity contribution in [1.29, 1.82) is 0 Å². The molecule has 0 saturated heterocycles. The van der Waals surface area contributed by atoms with Crippen LogP contribution in [0.2, 0.25) is 0 Å². The van der Waals surface area contributed by atoms with Crippen molar-refractivity contribution in [1.82, 2.24) is 15.0 Å². The molecule has 0 fully saturated rings. The highest BCUT2D eigenvalue weighted by Crippen LogP contribution is 2.13. The van der Waals surface area contributed by atoms with Crippen LogP contribution in [0.4, 0.5) is 11.6 Å². The molecule has 146 valence electrons. The van der Waals surface area contributed by atoms with Crippen molar-refractivity contribution in [3.63, 3.8) is 0 Å². The van der Waals surface area contributed by atoms with E-state index in [0.29, 0.717) is 25.3 Å². The molecule has 0 bridgehead atoms. The molecule has 0 radical (unpaired) electrons. The van der Waals surface area contributed by atoms with Crippen LogP contribution in [-0.2, 0) is 23.0 Å². The molecular formula is C19H22N6O2S. The molecule has 1 aromatic carbocycles. The first-order valence-corrected chi connectivity index (χ1v) is 10.3. The van der Waals surface area contributed by atoms with Crippen molar-refractivity contribution >= 4 is 21.7 Å². The average Bonchev–Trinajstić information content (AvgIpc) is 2.67. The number of benzene rings is 1. The number of hydrogen-bond donors (Lipinski definition) is 3. The van der Waals surface area contributed by atoms with Crippen LogP contribution >= 0.6 is 0 Å². The summed E-state index contributed by atoms with van der Waals surface area (Å²) in [5.41, 5.74) is 2.12. The number of nitrogens with two attached hydrogens (primary N) is 1. The topological polar surface area (TPSA) is 123 Å². The summed E-state index contributed by atoms with van der Waals surface area (Å²) in [5, 5.41) is 11.7. The van der Waals surface area contributed by atoms with Crippen LogP contribution in [0.15, 0.2) is 59.8 Å². The van der Waals surface area contributed by atoms with E-state index >= 15 is 0 Å². The molecule has 0 amide bonds. The van der Waals surface area contributed by atoms with Gasteiger partial charge in [-0.2, -0.15) is 0 Å². The van der Waals surface area contributed by atoms with E-state index in [9.17, 15) is 8.42 Å². The van der Waals surface area contributed by atoms with Crippen LogP contribution < -0.4 is 15.8 Å². The number of sulfonamides is 1. The summed E-state index contributed by atoms with van der Waals surface area (Å²) in [4.78, 5) is 12.9. The molecule has 2 aromatic heterocycles. The van der Waals surface area contributed by atoms with Crippen molar-refractivity contribution in [2.24, 2.45) is 5.14 Å². The van der Waals surface area contributed by atoms with Gasteiger partial charge in [0.05, 0.1) is 4.90 Å². The maximum Gasteiger partial charge on any atom is 0.238 e. The van der Waals surface area contributed by atoms with Gasteiger partial charge in [0.25, 0.3) is 0 Å². The zero-order valence-electron chi connectivity index (χ0n) is 15.5. The molecule has 0 aliphatic carbocycles. The lowest BCUT2D eigenvalue weighted by Gasteiger charge is -2.10. The largest absolute Gasteiger partial charge is 0.370 e. The molecule has 3 rings (SSSR count). The molecule has 28 heavy (non-hydrogen) atoms. The number of aryl methyl sites for hydroxylation is 1. The summed E-state index contributed by atoms with van der Waals surface area (Å²) in [6, 6.07) is 12.3. The molecule has 8 nitrogen and oxygen atoms in total. The fourth-order valence-electron chi connectivity index (χ4n) is 2.62. The van der Waals surface area contributed by atoms with E-state index in [-0.39, 0.29) is 4.90 Å². The van der Waals surface area contributed by atoms with Gasteiger partial charge in [-0.15, -0.1) is 0 Å². The van der Waals surface area contributed by atoms with Gasteiger partial charge in [-0.1, -0.05) is 12.1 Å². The van der Waals surface area contributed by atoms with Gasteiger partial charge in [-0.05, 0) is 48.7 Å². The lowest BCUT2D eigenvalue weighted by atomic mass is 10.1. The first-order chi connectivity index (χ1) is 13.4. The van der Waals surface area contributed by atoms with Gasteiger partial charge in [0.2, 0.25) is 10.0 Å². The Bertz CT molecular complexity index is 1020. The Labute approximate surface area is 164 Å². The van der Waals surface area contributed by atoms with Crippen molar-refractivity contribution < 1.29 is 8.42 Å². The summed E-state index contributed by atoms with van der Waals surface area (Å²) in [6.07, 6.45) is 4.23. The number of pyridine rings is 1. The Hall–Kier alpha value is -3.04. The summed E-state index contributed by atoms with van der Waals surface area (Å²) < 4.78 is 22.6. The predicted molar refractivity (Wildman–Crippen MR) is 108 cm³/mol. The first kappa shape index (κ1) is 19.7. The minimum Gasteiger partial charge on any atom is -0.370 e. The lowest BCUT2D eigenvalue weighted by molar-refractivity contribution is 0.598. The summed E-state index contributed by atoms with van der Waals surface area (Å²) >= 11 is 0. The van der Waals surface area contributed by atoms with Crippen molar-refractivity contribution in [2.75, 3.05) is 17.2 Å². The second-order valence-corrected chi connectivity index (χ2v) is 7.82. The molecule has 0 saturated carbocycles. The van der Waals surface area contributed by atoms with Gasteiger partial charge in [0, 0.05) is 31.5 Å². The summed E-state index contributed by atoms with van der Waals surface area (Å²) in [7, 11) is -3.66. The fourth-order valence-corrected chi connectivity index (χ4v) is 3.14. The number of rotatable bonds is 8. The summed E-state index contributed by atoms with van der Waals surface area (Å²) in [5.74, 6) is 2.13. The number of nitrogens with zero attached hydrogens (tertiary/aromatic N) is 3. The maximum atomic E-state index is 11.3. The third kappa shape index (κ3) is 5.73. The SMILES string of the molecule is Cc1nc(NCCc2ccc(S(N)(=O)=O)cc2)cc(NCc2ccncc2)n1. The highest BCUT2D eigenvalue weighted by atomic mass is 32.2. The first-order valence-electron chi connectivity index (χ1n) is 8.74. The number of primary sulfonamides is 1. The van der Waals surface area contributed by atoms with Crippen molar-refractivity contribution in [3.05, 3.63) is 71.8 Å².